The van der Waals surface area contributed by atoms with Gasteiger partial charge in [-0.05, 0) is 32.2 Å². The molecule has 0 spiro atoms. The molecule has 21 heavy (non-hydrogen) atoms. The van der Waals surface area contributed by atoms with Crippen molar-refractivity contribution in [2.75, 3.05) is 31.9 Å². The topological polar surface area (TPSA) is 92.5 Å². The first-order valence-electron chi connectivity index (χ1n) is 7.47. The molecule has 0 aliphatic carbocycles. The summed E-state index contributed by atoms with van der Waals surface area (Å²) in [7, 11) is -3.13. The first kappa shape index (κ1) is 20.6. The van der Waals surface area contributed by atoms with E-state index in [1.807, 2.05) is 6.92 Å². The molecule has 126 valence electrons. The van der Waals surface area contributed by atoms with Crippen molar-refractivity contribution < 1.29 is 13.2 Å². The Morgan fingerprint density at radius 1 is 1.29 bits per heavy atom. The van der Waals surface area contributed by atoms with Crippen LogP contribution in [0.25, 0.3) is 0 Å². The number of piperidine rings is 1. The predicted octanol–water partition coefficient (Wildman–Crippen LogP) is 0.715. The predicted molar refractivity (Wildman–Crippen MR) is 86.9 cm³/mol. The maximum absolute atomic E-state index is 12.0. The van der Waals surface area contributed by atoms with Gasteiger partial charge >= 0.3 is 0 Å². The van der Waals surface area contributed by atoms with Crippen molar-refractivity contribution in [3.63, 3.8) is 0 Å². The van der Waals surface area contributed by atoms with E-state index in [1.165, 1.54) is 4.31 Å². The summed E-state index contributed by atoms with van der Waals surface area (Å²) in [6, 6.07) is 0. The van der Waals surface area contributed by atoms with Crippen LogP contribution >= 0.6 is 12.4 Å². The Morgan fingerprint density at radius 3 is 2.43 bits per heavy atom. The van der Waals surface area contributed by atoms with E-state index in [2.05, 4.69) is 5.32 Å². The number of halogens is 1. The number of carbonyl (C=O) groups excluding carboxylic acids is 1. The Morgan fingerprint density at radius 2 is 1.90 bits per heavy atom. The number of nitrogens with zero attached hydrogens (tertiary/aromatic N) is 1. The molecule has 0 atom stereocenters. The molecule has 1 rings (SSSR count). The second kappa shape index (κ2) is 10.4. The summed E-state index contributed by atoms with van der Waals surface area (Å²) in [5.41, 5.74) is 5.37. The minimum absolute atomic E-state index is 0. The van der Waals surface area contributed by atoms with Gasteiger partial charge in [-0.3, -0.25) is 4.79 Å². The van der Waals surface area contributed by atoms with Crippen LogP contribution in [-0.4, -0.2) is 50.6 Å². The number of hydrogen-bond donors (Lipinski definition) is 2. The van der Waals surface area contributed by atoms with Crippen LogP contribution in [0.5, 0.6) is 0 Å². The maximum atomic E-state index is 12.0. The summed E-state index contributed by atoms with van der Waals surface area (Å²) >= 11 is 0. The Bertz CT molecular complexity index is 395. The summed E-state index contributed by atoms with van der Waals surface area (Å²) < 4.78 is 25.6. The summed E-state index contributed by atoms with van der Waals surface area (Å²) in [6.45, 7) is 4.06. The van der Waals surface area contributed by atoms with E-state index in [1.54, 1.807) is 0 Å². The van der Waals surface area contributed by atoms with Crippen molar-refractivity contribution in [2.45, 2.75) is 39.0 Å². The van der Waals surface area contributed by atoms with Crippen molar-refractivity contribution in [1.82, 2.24) is 9.62 Å². The van der Waals surface area contributed by atoms with E-state index in [4.69, 9.17) is 5.73 Å². The third-order valence-electron chi connectivity index (χ3n) is 3.65. The molecule has 8 heteroatoms. The third kappa shape index (κ3) is 6.95. The standard InChI is InChI=1S/C13H27N3O3S.ClH/c1-2-3-11-20(18,19)16-9-5-12(6-10-16)13(17)15-8-4-7-14;/h12H,2-11,14H2,1H3,(H,15,17);1H. The van der Waals surface area contributed by atoms with E-state index >= 15 is 0 Å². The number of carbonyl (C=O) groups is 1. The van der Waals surface area contributed by atoms with Crippen molar-refractivity contribution in [3.05, 3.63) is 0 Å². The Labute approximate surface area is 134 Å². The van der Waals surface area contributed by atoms with Crippen LogP contribution < -0.4 is 11.1 Å². The fraction of sp³-hybridized carbons (Fsp3) is 0.923. The average Bonchev–Trinajstić information content (AvgIpc) is 2.45. The van der Waals surface area contributed by atoms with Gasteiger partial charge in [0.05, 0.1) is 5.75 Å². The first-order chi connectivity index (χ1) is 9.51. The van der Waals surface area contributed by atoms with E-state index in [-0.39, 0.29) is 30.0 Å². The zero-order valence-corrected chi connectivity index (χ0v) is 14.3. The zero-order chi connectivity index (χ0) is 15.0. The monoisotopic (exact) mass is 341 g/mol. The van der Waals surface area contributed by atoms with Gasteiger partial charge in [-0.1, -0.05) is 13.3 Å². The highest BCUT2D eigenvalue weighted by molar-refractivity contribution is 7.89. The molecule has 0 saturated carbocycles. The molecule has 0 aromatic carbocycles. The number of nitrogens with one attached hydrogen (secondary N) is 1. The molecule has 6 nitrogen and oxygen atoms in total. The van der Waals surface area contributed by atoms with Crippen LogP contribution in [0, 0.1) is 5.92 Å². The minimum atomic E-state index is -3.13. The molecule has 0 radical (unpaired) electrons. The number of nitrogens with two attached hydrogens (primary N) is 1. The van der Waals surface area contributed by atoms with E-state index in [0.29, 0.717) is 45.4 Å². The number of rotatable bonds is 8. The van der Waals surface area contributed by atoms with Gasteiger partial charge in [0.2, 0.25) is 15.9 Å². The fourth-order valence-corrected chi connectivity index (χ4v) is 3.99. The highest BCUT2D eigenvalue weighted by Gasteiger charge is 2.30. The highest BCUT2D eigenvalue weighted by atomic mass is 35.5. The summed E-state index contributed by atoms with van der Waals surface area (Å²) in [4.78, 5) is 11.9. The second-order valence-corrected chi connectivity index (χ2v) is 7.36. The van der Waals surface area contributed by atoms with Crippen LogP contribution in [0.1, 0.15) is 39.0 Å². The van der Waals surface area contributed by atoms with Crippen LogP contribution in [0.4, 0.5) is 0 Å². The molecule has 1 fully saturated rings. The molecule has 1 saturated heterocycles. The maximum Gasteiger partial charge on any atom is 0.223 e. The van der Waals surface area contributed by atoms with E-state index in [9.17, 15) is 13.2 Å². The number of amides is 1. The molecular formula is C13H28ClN3O3S. The van der Waals surface area contributed by atoms with Gasteiger partial charge in [0.15, 0.2) is 0 Å². The average molecular weight is 342 g/mol. The normalized spacial score (nSPS) is 17.2. The fourth-order valence-electron chi connectivity index (χ4n) is 2.31. The van der Waals surface area contributed by atoms with Gasteiger partial charge in [0.1, 0.15) is 0 Å². The van der Waals surface area contributed by atoms with E-state index < -0.39 is 10.0 Å². The van der Waals surface area contributed by atoms with E-state index in [0.717, 1.165) is 12.8 Å². The lowest BCUT2D eigenvalue weighted by molar-refractivity contribution is -0.126. The summed E-state index contributed by atoms with van der Waals surface area (Å²) in [5.74, 6) is 0.186. The number of hydrogen-bond acceptors (Lipinski definition) is 4. The quantitative estimate of drug-likeness (QED) is 0.636. The highest BCUT2D eigenvalue weighted by Crippen LogP contribution is 2.20. The van der Waals surface area contributed by atoms with Gasteiger partial charge in [-0.15, -0.1) is 12.4 Å². The molecular weight excluding hydrogens is 314 g/mol. The summed E-state index contributed by atoms with van der Waals surface area (Å²) in [6.07, 6.45) is 3.57. The second-order valence-electron chi connectivity index (χ2n) is 5.28. The molecule has 0 bridgehead atoms. The molecule has 0 unspecified atom stereocenters. The Kier molecular flexibility index (Phi) is 10.2. The van der Waals surface area contributed by atoms with Gasteiger partial charge in [-0.25, -0.2) is 12.7 Å². The molecule has 1 aliphatic rings. The molecule has 1 aliphatic heterocycles. The van der Waals surface area contributed by atoms with Gasteiger partial charge in [-0.2, -0.15) is 0 Å². The van der Waals surface area contributed by atoms with Crippen molar-refractivity contribution >= 4 is 28.3 Å². The van der Waals surface area contributed by atoms with Gasteiger partial charge in [0, 0.05) is 25.6 Å². The van der Waals surface area contributed by atoms with Crippen molar-refractivity contribution in [3.8, 4) is 0 Å². The Balaban J connectivity index is 0.00000400. The van der Waals surface area contributed by atoms with Crippen LogP contribution in [0.2, 0.25) is 0 Å². The molecule has 0 aromatic rings. The van der Waals surface area contributed by atoms with Crippen LogP contribution in [0.3, 0.4) is 0 Å². The lowest BCUT2D eigenvalue weighted by atomic mass is 9.97. The first-order valence-corrected chi connectivity index (χ1v) is 9.07. The lowest BCUT2D eigenvalue weighted by Crippen LogP contribution is -2.44. The van der Waals surface area contributed by atoms with Gasteiger partial charge < -0.3 is 11.1 Å². The lowest BCUT2D eigenvalue weighted by Gasteiger charge is -2.30. The van der Waals surface area contributed by atoms with Crippen LogP contribution in [-0.2, 0) is 14.8 Å². The number of sulfonamides is 1. The SMILES string of the molecule is CCCCS(=O)(=O)N1CCC(C(=O)NCCCN)CC1.Cl. The van der Waals surface area contributed by atoms with Crippen molar-refractivity contribution in [1.29, 1.82) is 0 Å². The zero-order valence-electron chi connectivity index (χ0n) is 12.7. The van der Waals surface area contributed by atoms with Gasteiger partial charge in [0.25, 0.3) is 0 Å². The minimum Gasteiger partial charge on any atom is -0.356 e. The van der Waals surface area contributed by atoms with Crippen molar-refractivity contribution in [2.24, 2.45) is 11.7 Å². The third-order valence-corrected chi connectivity index (χ3v) is 5.61. The Hall–Kier alpha value is -0.370. The molecule has 3 N–H and O–H groups in total. The van der Waals surface area contributed by atoms with Crippen LogP contribution in [0.15, 0.2) is 0 Å². The number of unbranched alkanes of at least 4 members (excludes halogenated alkanes) is 1. The smallest absolute Gasteiger partial charge is 0.223 e. The largest absolute Gasteiger partial charge is 0.356 e. The summed E-state index contributed by atoms with van der Waals surface area (Å²) in [5, 5.41) is 2.85. The molecule has 1 heterocycles. The molecule has 1 amide bonds. The molecule has 0 aromatic heterocycles.